The highest BCUT2D eigenvalue weighted by Crippen LogP contribution is 2.26. The van der Waals surface area contributed by atoms with Crippen LogP contribution in [0.15, 0.2) is 67.0 Å². The van der Waals surface area contributed by atoms with Gasteiger partial charge in [-0.15, -0.1) is 0 Å². The molecule has 6 heteroatoms. The number of rotatable bonds is 7. The molecule has 3 aromatic rings. The van der Waals surface area contributed by atoms with Crippen molar-refractivity contribution in [2.75, 3.05) is 26.8 Å². The fraction of sp³-hybridized carbons (Fsp3) is 0.333. The van der Waals surface area contributed by atoms with Gasteiger partial charge in [-0.25, -0.2) is 4.98 Å². The Morgan fingerprint density at radius 3 is 2.47 bits per heavy atom. The van der Waals surface area contributed by atoms with Gasteiger partial charge in [0, 0.05) is 37.6 Å². The van der Waals surface area contributed by atoms with Crippen LogP contribution in [0.2, 0.25) is 0 Å². The van der Waals surface area contributed by atoms with Crippen LogP contribution < -0.4 is 9.47 Å². The third-order valence-corrected chi connectivity index (χ3v) is 5.59. The maximum absolute atomic E-state index is 12.6. The second-order valence-corrected chi connectivity index (χ2v) is 7.53. The zero-order valence-corrected chi connectivity index (χ0v) is 17.2. The van der Waals surface area contributed by atoms with Gasteiger partial charge in [-0.05, 0) is 30.9 Å². The van der Waals surface area contributed by atoms with Crippen LogP contribution in [0, 0.1) is 5.92 Å². The van der Waals surface area contributed by atoms with Crippen LogP contribution in [0.1, 0.15) is 12.8 Å². The van der Waals surface area contributed by atoms with Gasteiger partial charge in [0.2, 0.25) is 0 Å². The van der Waals surface area contributed by atoms with E-state index in [1.807, 2.05) is 59.8 Å². The van der Waals surface area contributed by atoms with Gasteiger partial charge in [-0.1, -0.05) is 42.5 Å². The Morgan fingerprint density at radius 2 is 1.73 bits per heavy atom. The number of aromatic nitrogens is 2. The predicted octanol–water partition coefficient (Wildman–Crippen LogP) is 3.88. The molecule has 2 aromatic carbocycles. The molecular formula is C24H27N3O3. The molecule has 1 fully saturated rings. The molecule has 0 radical (unpaired) electrons. The molecule has 0 spiro atoms. The van der Waals surface area contributed by atoms with E-state index in [1.54, 1.807) is 7.11 Å². The average molecular weight is 405 g/mol. The molecule has 1 saturated heterocycles. The Morgan fingerprint density at radius 1 is 1.03 bits per heavy atom. The molecule has 4 rings (SSSR count). The van der Waals surface area contributed by atoms with E-state index in [2.05, 4.69) is 21.7 Å². The molecule has 0 bridgehead atoms. The summed E-state index contributed by atoms with van der Waals surface area (Å²) in [6, 6.07) is 17.6. The van der Waals surface area contributed by atoms with Crippen LogP contribution in [-0.2, 0) is 11.3 Å². The molecule has 2 heterocycles. The van der Waals surface area contributed by atoms with Crippen molar-refractivity contribution >= 4 is 5.91 Å². The van der Waals surface area contributed by atoms with Gasteiger partial charge in [-0.2, -0.15) is 0 Å². The van der Waals surface area contributed by atoms with Gasteiger partial charge in [0.05, 0.1) is 7.11 Å². The molecule has 30 heavy (non-hydrogen) atoms. The van der Waals surface area contributed by atoms with E-state index in [-0.39, 0.29) is 12.5 Å². The summed E-state index contributed by atoms with van der Waals surface area (Å²) in [6.07, 6.45) is 5.86. The number of ether oxygens (including phenoxy) is 2. The molecule has 6 nitrogen and oxygen atoms in total. The van der Waals surface area contributed by atoms with Crippen molar-refractivity contribution < 1.29 is 14.3 Å². The first-order valence-electron chi connectivity index (χ1n) is 10.3. The molecule has 0 aliphatic carbocycles. The Kier molecular flexibility index (Phi) is 6.32. The maximum Gasteiger partial charge on any atom is 0.260 e. The SMILES string of the molecule is COc1ccccc1OCC(=O)N1CCC(Cn2ccnc2-c2ccccc2)CC1. The molecule has 1 aromatic heterocycles. The normalized spacial score (nSPS) is 14.5. The molecule has 1 aliphatic rings. The van der Waals surface area contributed by atoms with E-state index in [1.165, 1.54) is 0 Å². The number of likely N-dealkylation sites (tertiary alicyclic amines) is 1. The number of piperidine rings is 1. The van der Waals surface area contributed by atoms with Crippen molar-refractivity contribution in [2.24, 2.45) is 5.92 Å². The van der Waals surface area contributed by atoms with Crippen molar-refractivity contribution in [1.29, 1.82) is 0 Å². The summed E-state index contributed by atoms with van der Waals surface area (Å²) in [5.41, 5.74) is 1.13. The number of imidazole rings is 1. The molecule has 0 atom stereocenters. The van der Waals surface area contributed by atoms with Crippen LogP contribution in [0.25, 0.3) is 11.4 Å². The van der Waals surface area contributed by atoms with E-state index < -0.39 is 0 Å². The number of amides is 1. The number of para-hydroxylation sites is 2. The maximum atomic E-state index is 12.6. The summed E-state index contributed by atoms with van der Waals surface area (Å²) < 4.78 is 13.2. The van der Waals surface area contributed by atoms with Crippen molar-refractivity contribution in [2.45, 2.75) is 19.4 Å². The van der Waals surface area contributed by atoms with Crippen molar-refractivity contribution in [3.8, 4) is 22.9 Å². The molecule has 0 saturated carbocycles. The highest BCUT2D eigenvalue weighted by molar-refractivity contribution is 5.78. The lowest BCUT2D eigenvalue weighted by atomic mass is 9.96. The van der Waals surface area contributed by atoms with Crippen LogP contribution in [-0.4, -0.2) is 47.2 Å². The monoisotopic (exact) mass is 405 g/mol. The van der Waals surface area contributed by atoms with Crippen molar-refractivity contribution in [1.82, 2.24) is 14.5 Å². The topological polar surface area (TPSA) is 56.6 Å². The van der Waals surface area contributed by atoms with E-state index in [0.717, 1.165) is 43.9 Å². The Bertz CT molecular complexity index is 963. The first-order valence-corrected chi connectivity index (χ1v) is 10.3. The van der Waals surface area contributed by atoms with Gasteiger partial charge in [-0.3, -0.25) is 4.79 Å². The van der Waals surface area contributed by atoms with Crippen LogP contribution >= 0.6 is 0 Å². The minimum atomic E-state index is 0.0203. The number of methoxy groups -OCH3 is 1. The second-order valence-electron chi connectivity index (χ2n) is 7.53. The first-order chi connectivity index (χ1) is 14.7. The summed E-state index contributed by atoms with van der Waals surface area (Å²) >= 11 is 0. The lowest BCUT2D eigenvalue weighted by molar-refractivity contribution is -0.134. The molecule has 1 amide bonds. The van der Waals surface area contributed by atoms with Gasteiger partial charge >= 0.3 is 0 Å². The fourth-order valence-electron chi connectivity index (χ4n) is 3.92. The zero-order valence-electron chi connectivity index (χ0n) is 17.2. The van der Waals surface area contributed by atoms with Crippen LogP contribution in [0.4, 0.5) is 0 Å². The number of hydrogen-bond donors (Lipinski definition) is 0. The highest BCUT2D eigenvalue weighted by Gasteiger charge is 2.24. The number of hydrogen-bond acceptors (Lipinski definition) is 4. The standard InChI is InChI=1S/C24H27N3O3/c1-29-21-9-5-6-10-22(21)30-18-23(28)26-14-11-19(12-15-26)17-27-16-13-25-24(27)20-7-3-2-4-8-20/h2-10,13,16,19H,11-12,14-15,17-18H2,1H3. The van der Waals surface area contributed by atoms with Gasteiger partial charge in [0.15, 0.2) is 18.1 Å². The third-order valence-electron chi connectivity index (χ3n) is 5.59. The molecule has 1 aliphatic heterocycles. The largest absolute Gasteiger partial charge is 0.493 e. The van der Waals surface area contributed by atoms with E-state index in [4.69, 9.17) is 9.47 Å². The minimum Gasteiger partial charge on any atom is -0.493 e. The minimum absolute atomic E-state index is 0.0203. The van der Waals surface area contributed by atoms with E-state index in [9.17, 15) is 4.79 Å². The average Bonchev–Trinajstić information content (AvgIpc) is 3.27. The second kappa shape index (κ2) is 9.48. The van der Waals surface area contributed by atoms with E-state index in [0.29, 0.717) is 17.4 Å². The smallest absolute Gasteiger partial charge is 0.260 e. The Balaban J connectivity index is 1.28. The van der Waals surface area contributed by atoms with Crippen molar-refractivity contribution in [3.63, 3.8) is 0 Å². The lowest BCUT2D eigenvalue weighted by Crippen LogP contribution is -2.41. The summed E-state index contributed by atoms with van der Waals surface area (Å²) in [6.45, 7) is 2.47. The molecule has 0 N–H and O–H groups in total. The number of carbonyl (C=O) groups is 1. The summed E-state index contributed by atoms with van der Waals surface area (Å²) in [5, 5.41) is 0. The highest BCUT2D eigenvalue weighted by atomic mass is 16.5. The van der Waals surface area contributed by atoms with E-state index >= 15 is 0 Å². The van der Waals surface area contributed by atoms with Crippen molar-refractivity contribution in [3.05, 3.63) is 67.0 Å². The number of benzene rings is 2. The number of nitrogens with zero attached hydrogens (tertiary/aromatic N) is 3. The summed E-state index contributed by atoms with van der Waals surface area (Å²) in [4.78, 5) is 19.0. The molecule has 156 valence electrons. The quantitative estimate of drug-likeness (QED) is 0.599. The zero-order chi connectivity index (χ0) is 20.8. The summed E-state index contributed by atoms with van der Waals surface area (Å²) in [5.74, 6) is 2.78. The first kappa shape index (κ1) is 20.0. The molecular weight excluding hydrogens is 378 g/mol. The third kappa shape index (κ3) is 4.64. The van der Waals surface area contributed by atoms with Gasteiger partial charge in [0.25, 0.3) is 5.91 Å². The van der Waals surface area contributed by atoms with Gasteiger partial charge in [0.1, 0.15) is 5.82 Å². The predicted molar refractivity (Wildman–Crippen MR) is 115 cm³/mol. The molecule has 0 unspecified atom stereocenters. The Labute approximate surface area is 177 Å². The van der Waals surface area contributed by atoms with Crippen LogP contribution in [0.5, 0.6) is 11.5 Å². The summed E-state index contributed by atoms with van der Waals surface area (Å²) in [7, 11) is 1.60. The van der Waals surface area contributed by atoms with Gasteiger partial charge < -0.3 is 18.9 Å². The van der Waals surface area contributed by atoms with Crippen LogP contribution in [0.3, 0.4) is 0 Å². The fourth-order valence-corrected chi connectivity index (χ4v) is 3.92. The Hall–Kier alpha value is -3.28. The number of carbonyl (C=O) groups excluding carboxylic acids is 1. The lowest BCUT2D eigenvalue weighted by Gasteiger charge is -2.32.